The molecule has 0 rings (SSSR count). The van der Waals surface area contributed by atoms with Crippen molar-refractivity contribution in [2.24, 2.45) is 0 Å². The number of nitrogens with one attached hydrogen (secondary N) is 1. The molecule has 0 aliphatic heterocycles. The quantitative estimate of drug-likeness (QED) is 0.360. The number of methoxy groups -OCH3 is 1. The van der Waals surface area contributed by atoms with Gasteiger partial charge in [-0.15, -0.1) is 0 Å². The van der Waals surface area contributed by atoms with Gasteiger partial charge in [0.2, 0.25) is 0 Å². The van der Waals surface area contributed by atoms with Gasteiger partial charge in [0.05, 0.1) is 6.61 Å². The van der Waals surface area contributed by atoms with Gasteiger partial charge in [-0.2, -0.15) is 22.0 Å². The van der Waals surface area contributed by atoms with Crippen molar-refractivity contribution in [2.75, 3.05) is 38.3 Å². The zero-order valence-electron chi connectivity index (χ0n) is 11.3. The zero-order valence-corrected chi connectivity index (χ0v) is 12.1. The molecule has 0 spiro atoms. The third-order valence-corrected chi connectivity index (χ3v) is 3.97. The molecule has 3 nitrogen and oxygen atoms in total. The fourth-order valence-corrected chi connectivity index (χ4v) is 2.49. The van der Waals surface area contributed by atoms with Gasteiger partial charge in [-0.05, 0) is 13.0 Å². The predicted molar refractivity (Wildman–Crippen MR) is 67.5 cm³/mol. The molecular weight excluding hydrogens is 305 g/mol. The molecule has 0 saturated carbocycles. The lowest BCUT2D eigenvalue weighted by Gasteiger charge is -2.19. The highest BCUT2D eigenvalue weighted by Gasteiger charge is 2.56. The summed E-state index contributed by atoms with van der Waals surface area (Å²) in [7, 11) is 1.56. The Morgan fingerprint density at radius 3 is 2.20 bits per heavy atom. The van der Waals surface area contributed by atoms with Gasteiger partial charge in [0.15, 0.2) is 0 Å². The van der Waals surface area contributed by atoms with Crippen molar-refractivity contribution in [1.82, 2.24) is 5.32 Å². The summed E-state index contributed by atoms with van der Waals surface area (Å²) >= 11 is -1.36. The van der Waals surface area contributed by atoms with Crippen LogP contribution in [0.3, 0.4) is 0 Å². The highest BCUT2D eigenvalue weighted by molar-refractivity contribution is 7.91. The minimum absolute atomic E-state index is 0.135. The standard InChI is InChI=1S/C11H20F5NO2S/c1-19-7-6-17-5-3-9-20(18)8-2-4-10(12,13)11(14,15)16/h17H,2-9H2,1H3. The monoisotopic (exact) mass is 325 g/mol. The van der Waals surface area contributed by atoms with Crippen LogP contribution in [0.5, 0.6) is 0 Å². The van der Waals surface area contributed by atoms with E-state index in [0.717, 1.165) is 0 Å². The van der Waals surface area contributed by atoms with Gasteiger partial charge in [0, 0.05) is 26.5 Å². The summed E-state index contributed by atoms with van der Waals surface area (Å²) in [6.45, 7) is 1.81. The van der Waals surface area contributed by atoms with Crippen molar-refractivity contribution in [3.05, 3.63) is 0 Å². The number of hydrogen-bond acceptors (Lipinski definition) is 3. The second-order valence-corrected chi connectivity index (χ2v) is 5.95. The molecule has 1 unspecified atom stereocenters. The smallest absolute Gasteiger partial charge is 0.453 e. The Hall–Kier alpha value is -0.120. The third-order valence-electron chi connectivity index (χ3n) is 2.49. The van der Waals surface area contributed by atoms with E-state index in [4.69, 9.17) is 4.74 Å². The van der Waals surface area contributed by atoms with E-state index in [1.807, 2.05) is 0 Å². The molecule has 0 bridgehead atoms. The number of rotatable bonds is 11. The normalized spacial score (nSPS) is 14.6. The Balaban J connectivity index is 3.61. The first-order valence-corrected chi connectivity index (χ1v) is 7.68. The first-order chi connectivity index (χ1) is 9.20. The molecule has 9 heteroatoms. The van der Waals surface area contributed by atoms with Crippen LogP contribution in [-0.4, -0.2) is 55.0 Å². The van der Waals surface area contributed by atoms with Crippen molar-refractivity contribution < 1.29 is 31.2 Å². The average molecular weight is 325 g/mol. The molecule has 0 aliphatic carbocycles. The number of ether oxygens (including phenoxy) is 1. The maximum atomic E-state index is 12.6. The van der Waals surface area contributed by atoms with Crippen LogP contribution < -0.4 is 5.32 Å². The predicted octanol–water partition coefficient (Wildman–Crippen LogP) is 2.34. The zero-order chi connectivity index (χ0) is 15.6. The van der Waals surface area contributed by atoms with Crippen LogP contribution >= 0.6 is 0 Å². The van der Waals surface area contributed by atoms with E-state index in [-0.39, 0.29) is 11.5 Å². The third kappa shape index (κ3) is 8.93. The minimum atomic E-state index is -5.53. The fraction of sp³-hybridized carbons (Fsp3) is 1.00. The van der Waals surface area contributed by atoms with E-state index in [0.29, 0.717) is 26.1 Å². The number of alkyl halides is 5. The van der Waals surface area contributed by atoms with E-state index < -0.39 is 36.1 Å². The van der Waals surface area contributed by atoms with Crippen LogP contribution in [0.25, 0.3) is 0 Å². The molecular formula is C11H20F5NO2S. The molecule has 0 saturated heterocycles. The molecule has 0 radical (unpaired) electrons. The molecule has 0 aliphatic rings. The lowest BCUT2D eigenvalue weighted by Crippen LogP contribution is -2.36. The Kier molecular flexibility index (Phi) is 9.69. The molecule has 0 fully saturated rings. The summed E-state index contributed by atoms with van der Waals surface area (Å²) < 4.78 is 76.9. The lowest BCUT2D eigenvalue weighted by molar-refractivity contribution is -0.284. The summed E-state index contributed by atoms with van der Waals surface area (Å²) in [5.41, 5.74) is 0. The molecule has 20 heavy (non-hydrogen) atoms. The second-order valence-electron chi connectivity index (χ2n) is 4.25. The van der Waals surface area contributed by atoms with Gasteiger partial charge in [-0.1, -0.05) is 11.2 Å². The Bertz CT molecular complexity index is 253. The SMILES string of the molecule is COCCNCCC[S+]([O-])CCCC(F)(F)C(F)(F)F. The molecule has 122 valence electrons. The van der Waals surface area contributed by atoms with Crippen LogP contribution in [-0.2, 0) is 15.9 Å². The van der Waals surface area contributed by atoms with Gasteiger partial charge < -0.3 is 14.6 Å². The summed E-state index contributed by atoms with van der Waals surface area (Å²) in [6.07, 6.45) is -6.67. The minimum Gasteiger partial charge on any atom is -0.616 e. The fourth-order valence-electron chi connectivity index (χ4n) is 1.36. The van der Waals surface area contributed by atoms with Crippen LogP contribution in [0.2, 0.25) is 0 Å². The lowest BCUT2D eigenvalue weighted by atomic mass is 10.2. The molecule has 0 aromatic heterocycles. The van der Waals surface area contributed by atoms with Crippen molar-refractivity contribution in [3.8, 4) is 0 Å². The molecule has 0 amide bonds. The molecule has 0 aromatic carbocycles. The van der Waals surface area contributed by atoms with Gasteiger partial charge in [-0.3, -0.25) is 0 Å². The van der Waals surface area contributed by atoms with E-state index >= 15 is 0 Å². The van der Waals surface area contributed by atoms with Gasteiger partial charge >= 0.3 is 12.1 Å². The topological polar surface area (TPSA) is 44.3 Å². The maximum absolute atomic E-state index is 12.6. The second kappa shape index (κ2) is 9.75. The van der Waals surface area contributed by atoms with E-state index in [9.17, 15) is 26.5 Å². The van der Waals surface area contributed by atoms with Gasteiger partial charge in [0.1, 0.15) is 11.5 Å². The molecule has 0 heterocycles. The highest BCUT2D eigenvalue weighted by atomic mass is 32.2. The van der Waals surface area contributed by atoms with Crippen LogP contribution in [0.1, 0.15) is 19.3 Å². The Morgan fingerprint density at radius 2 is 1.65 bits per heavy atom. The molecule has 1 atom stereocenters. The van der Waals surface area contributed by atoms with E-state index in [1.165, 1.54) is 0 Å². The maximum Gasteiger partial charge on any atom is 0.453 e. The molecule has 1 N–H and O–H groups in total. The van der Waals surface area contributed by atoms with Crippen molar-refractivity contribution in [1.29, 1.82) is 0 Å². The van der Waals surface area contributed by atoms with Crippen LogP contribution in [0, 0.1) is 0 Å². The number of hydrogen-bond donors (Lipinski definition) is 1. The first kappa shape index (κ1) is 19.9. The largest absolute Gasteiger partial charge is 0.616 e. The van der Waals surface area contributed by atoms with Crippen molar-refractivity contribution in [3.63, 3.8) is 0 Å². The molecule has 0 aromatic rings. The summed E-state index contributed by atoms with van der Waals surface area (Å²) in [5.74, 6) is -4.54. The highest BCUT2D eigenvalue weighted by Crippen LogP contribution is 2.38. The van der Waals surface area contributed by atoms with Crippen LogP contribution in [0.4, 0.5) is 22.0 Å². The van der Waals surface area contributed by atoms with E-state index in [1.54, 1.807) is 7.11 Å². The van der Waals surface area contributed by atoms with E-state index in [2.05, 4.69) is 5.32 Å². The Morgan fingerprint density at radius 1 is 1.05 bits per heavy atom. The van der Waals surface area contributed by atoms with Crippen molar-refractivity contribution in [2.45, 2.75) is 31.4 Å². The first-order valence-electron chi connectivity index (χ1n) is 6.20. The number of halogens is 5. The van der Waals surface area contributed by atoms with Gasteiger partial charge in [-0.25, -0.2) is 0 Å². The summed E-state index contributed by atoms with van der Waals surface area (Å²) in [6, 6.07) is 0. The van der Waals surface area contributed by atoms with Crippen LogP contribution in [0.15, 0.2) is 0 Å². The summed E-state index contributed by atoms with van der Waals surface area (Å²) in [4.78, 5) is 0. The average Bonchev–Trinajstić information content (AvgIpc) is 2.32. The Labute approximate surface area is 118 Å². The van der Waals surface area contributed by atoms with Gasteiger partial charge in [0.25, 0.3) is 0 Å². The van der Waals surface area contributed by atoms with Crippen molar-refractivity contribution >= 4 is 11.2 Å². The summed E-state index contributed by atoms with van der Waals surface area (Å²) in [5, 5.41) is 3.01.